The number of rotatable bonds is 8. The first-order valence-electron chi connectivity index (χ1n) is 9.31. The largest absolute Gasteiger partial charge is 0.351 e. The standard InChI is InChI=1S/C21H23N5O2S/c1-3-26-20(17-10-7-11-18(12-17)23-15(2)27)24-25-21(26)29-14-19(28)22-13-16-8-5-4-6-9-16/h4-12H,3,13-14H2,1-2H3,(H,22,28)(H,23,27). The lowest BCUT2D eigenvalue weighted by Gasteiger charge is -2.09. The maximum atomic E-state index is 12.2. The van der Waals surface area contributed by atoms with Crippen LogP contribution in [0.25, 0.3) is 11.4 Å². The van der Waals surface area contributed by atoms with Crippen molar-refractivity contribution < 1.29 is 9.59 Å². The molecule has 7 nitrogen and oxygen atoms in total. The van der Waals surface area contributed by atoms with Crippen molar-refractivity contribution in [2.45, 2.75) is 32.1 Å². The molecule has 0 aliphatic rings. The number of nitrogens with zero attached hydrogens (tertiary/aromatic N) is 3. The number of carbonyl (C=O) groups is 2. The molecule has 29 heavy (non-hydrogen) atoms. The number of benzene rings is 2. The zero-order valence-corrected chi connectivity index (χ0v) is 17.2. The third-order valence-corrected chi connectivity index (χ3v) is 5.11. The van der Waals surface area contributed by atoms with Crippen LogP contribution in [0.2, 0.25) is 0 Å². The van der Waals surface area contributed by atoms with Crippen LogP contribution in [0, 0.1) is 0 Å². The molecule has 2 N–H and O–H groups in total. The lowest BCUT2D eigenvalue weighted by Crippen LogP contribution is -2.24. The fourth-order valence-electron chi connectivity index (χ4n) is 2.81. The van der Waals surface area contributed by atoms with Crippen LogP contribution in [0.1, 0.15) is 19.4 Å². The minimum atomic E-state index is -0.128. The molecule has 8 heteroatoms. The van der Waals surface area contributed by atoms with E-state index in [1.165, 1.54) is 18.7 Å². The molecule has 1 aromatic heterocycles. The van der Waals surface area contributed by atoms with Crippen LogP contribution < -0.4 is 10.6 Å². The number of hydrogen-bond acceptors (Lipinski definition) is 5. The molecular weight excluding hydrogens is 386 g/mol. The van der Waals surface area contributed by atoms with Gasteiger partial charge in [0.05, 0.1) is 5.75 Å². The minimum absolute atomic E-state index is 0.0567. The Kier molecular flexibility index (Phi) is 7.02. The van der Waals surface area contributed by atoms with E-state index in [0.717, 1.165) is 11.1 Å². The van der Waals surface area contributed by atoms with Crippen LogP contribution in [0.3, 0.4) is 0 Å². The van der Waals surface area contributed by atoms with Gasteiger partial charge in [-0.2, -0.15) is 0 Å². The summed E-state index contributed by atoms with van der Waals surface area (Å²) in [7, 11) is 0. The van der Waals surface area contributed by atoms with E-state index in [0.29, 0.717) is 29.8 Å². The Bertz CT molecular complexity index is 988. The SMILES string of the molecule is CCn1c(SCC(=O)NCc2ccccc2)nnc1-c1cccc(NC(C)=O)c1. The van der Waals surface area contributed by atoms with Crippen LogP contribution in [0.15, 0.2) is 59.8 Å². The summed E-state index contributed by atoms with van der Waals surface area (Å²) in [6.07, 6.45) is 0. The molecule has 2 aromatic carbocycles. The molecule has 0 radical (unpaired) electrons. The Morgan fingerprint density at radius 1 is 1.07 bits per heavy atom. The maximum absolute atomic E-state index is 12.2. The second-order valence-electron chi connectivity index (χ2n) is 6.36. The quantitative estimate of drug-likeness (QED) is 0.557. The second-order valence-corrected chi connectivity index (χ2v) is 7.31. The highest BCUT2D eigenvalue weighted by atomic mass is 32.2. The molecule has 2 amide bonds. The van der Waals surface area contributed by atoms with Crippen LogP contribution >= 0.6 is 11.8 Å². The first kappa shape index (κ1) is 20.6. The second kappa shape index (κ2) is 9.88. The van der Waals surface area contributed by atoms with Crippen LogP contribution in [-0.2, 0) is 22.7 Å². The summed E-state index contributed by atoms with van der Waals surface area (Å²) in [5.41, 5.74) is 2.62. The summed E-state index contributed by atoms with van der Waals surface area (Å²) < 4.78 is 1.96. The summed E-state index contributed by atoms with van der Waals surface area (Å²) in [6, 6.07) is 17.3. The van der Waals surface area contributed by atoms with Gasteiger partial charge in [-0.05, 0) is 24.6 Å². The summed E-state index contributed by atoms with van der Waals surface area (Å²) in [6.45, 7) is 4.64. The van der Waals surface area contributed by atoms with Crippen molar-refractivity contribution in [3.05, 3.63) is 60.2 Å². The van der Waals surface area contributed by atoms with Gasteiger partial charge in [0.25, 0.3) is 0 Å². The Morgan fingerprint density at radius 3 is 2.59 bits per heavy atom. The van der Waals surface area contributed by atoms with Crippen molar-refractivity contribution in [1.82, 2.24) is 20.1 Å². The summed E-state index contributed by atoms with van der Waals surface area (Å²) in [5.74, 6) is 0.777. The van der Waals surface area contributed by atoms with Crippen LogP contribution in [-0.4, -0.2) is 32.3 Å². The van der Waals surface area contributed by atoms with E-state index in [9.17, 15) is 9.59 Å². The molecule has 0 atom stereocenters. The van der Waals surface area contributed by atoms with E-state index in [1.807, 2.05) is 66.1 Å². The molecule has 0 fully saturated rings. The van der Waals surface area contributed by atoms with Gasteiger partial charge < -0.3 is 15.2 Å². The van der Waals surface area contributed by atoms with Crippen molar-refractivity contribution in [3.8, 4) is 11.4 Å². The van der Waals surface area contributed by atoms with E-state index in [1.54, 1.807) is 0 Å². The highest BCUT2D eigenvalue weighted by molar-refractivity contribution is 7.99. The molecule has 150 valence electrons. The molecule has 0 unspecified atom stereocenters. The third kappa shape index (κ3) is 5.68. The zero-order chi connectivity index (χ0) is 20.6. The Hall–Kier alpha value is -3.13. The molecule has 0 spiro atoms. The highest BCUT2D eigenvalue weighted by Crippen LogP contribution is 2.25. The number of hydrogen-bond donors (Lipinski definition) is 2. The van der Waals surface area contributed by atoms with Gasteiger partial charge in [0.2, 0.25) is 11.8 Å². The smallest absolute Gasteiger partial charge is 0.230 e. The maximum Gasteiger partial charge on any atom is 0.230 e. The molecule has 1 heterocycles. The topological polar surface area (TPSA) is 88.9 Å². The fraction of sp³-hybridized carbons (Fsp3) is 0.238. The molecule has 0 bridgehead atoms. The monoisotopic (exact) mass is 409 g/mol. The molecule has 3 rings (SSSR count). The van der Waals surface area contributed by atoms with Crippen molar-refractivity contribution in [2.75, 3.05) is 11.1 Å². The van der Waals surface area contributed by atoms with Gasteiger partial charge in [0, 0.05) is 31.3 Å². The van der Waals surface area contributed by atoms with Crippen LogP contribution in [0.5, 0.6) is 0 Å². The van der Waals surface area contributed by atoms with Gasteiger partial charge in [0.1, 0.15) is 0 Å². The van der Waals surface area contributed by atoms with Gasteiger partial charge >= 0.3 is 0 Å². The Morgan fingerprint density at radius 2 is 1.86 bits per heavy atom. The predicted molar refractivity (Wildman–Crippen MR) is 114 cm³/mol. The van der Waals surface area contributed by atoms with E-state index >= 15 is 0 Å². The van der Waals surface area contributed by atoms with Gasteiger partial charge in [-0.3, -0.25) is 9.59 Å². The number of amides is 2. The summed E-state index contributed by atoms with van der Waals surface area (Å²) >= 11 is 1.35. The lowest BCUT2D eigenvalue weighted by molar-refractivity contribution is -0.118. The average Bonchev–Trinajstić information content (AvgIpc) is 3.14. The fourth-order valence-corrected chi connectivity index (χ4v) is 3.64. The predicted octanol–water partition coefficient (Wildman–Crippen LogP) is 3.33. The van der Waals surface area contributed by atoms with E-state index < -0.39 is 0 Å². The molecule has 3 aromatic rings. The Balaban J connectivity index is 1.65. The lowest BCUT2D eigenvalue weighted by atomic mass is 10.2. The van der Waals surface area contributed by atoms with E-state index in [2.05, 4.69) is 20.8 Å². The summed E-state index contributed by atoms with van der Waals surface area (Å²) in [5, 5.41) is 14.9. The van der Waals surface area contributed by atoms with Crippen molar-refractivity contribution in [1.29, 1.82) is 0 Å². The Labute approximate surface area is 173 Å². The van der Waals surface area contributed by atoms with Crippen molar-refractivity contribution in [3.63, 3.8) is 0 Å². The number of anilines is 1. The summed E-state index contributed by atoms with van der Waals surface area (Å²) in [4.78, 5) is 23.5. The van der Waals surface area contributed by atoms with Crippen molar-refractivity contribution in [2.24, 2.45) is 0 Å². The van der Waals surface area contributed by atoms with Crippen molar-refractivity contribution >= 4 is 29.3 Å². The normalized spacial score (nSPS) is 10.6. The first-order chi connectivity index (χ1) is 14.1. The van der Waals surface area contributed by atoms with E-state index in [4.69, 9.17) is 0 Å². The van der Waals surface area contributed by atoms with E-state index in [-0.39, 0.29) is 17.6 Å². The van der Waals surface area contributed by atoms with Gasteiger partial charge in [-0.25, -0.2) is 0 Å². The van der Waals surface area contributed by atoms with Gasteiger partial charge in [-0.1, -0.05) is 54.2 Å². The molecule has 0 saturated carbocycles. The molecule has 0 aliphatic heterocycles. The minimum Gasteiger partial charge on any atom is -0.351 e. The molecule has 0 aliphatic carbocycles. The highest BCUT2D eigenvalue weighted by Gasteiger charge is 2.15. The average molecular weight is 410 g/mol. The third-order valence-electron chi connectivity index (χ3n) is 4.14. The van der Waals surface area contributed by atoms with Gasteiger partial charge in [0.15, 0.2) is 11.0 Å². The first-order valence-corrected chi connectivity index (χ1v) is 10.3. The number of thioether (sulfide) groups is 1. The number of carbonyl (C=O) groups excluding carboxylic acids is 2. The van der Waals surface area contributed by atoms with Crippen LogP contribution in [0.4, 0.5) is 5.69 Å². The number of nitrogens with one attached hydrogen (secondary N) is 2. The molecular formula is C21H23N5O2S. The number of aromatic nitrogens is 3. The van der Waals surface area contributed by atoms with Gasteiger partial charge in [-0.15, -0.1) is 10.2 Å². The zero-order valence-electron chi connectivity index (χ0n) is 16.4. The molecule has 0 saturated heterocycles.